The number of nitrogens with two attached hydrogens (primary N) is 1. The number of carbonyl (C=O) groups is 2. The molecule has 5 aliphatic rings. The Balaban J connectivity index is 1.56. The summed E-state index contributed by atoms with van der Waals surface area (Å²) in [6.07, 6.45) is 0.463. The number of aromatic hydroxyl groups is 2. The number of hydrogen-bond acceptors (Lipinski definition) is 13. The Morgan fingerprint density at radius 1 is 1.16 bits per heavy atom. The lowest BCUT2D eigenvalue weighted by atomic mass is 9.71. The van der Waals surface area contributed by atoms with Crippen LogP contribution < -0.4 is 19.9 Å². The zero-order valence-electron chi connectivity index (χ0n) is 24.1. The molecule has 0 amide bonds. The van der Waals surface area contributed by atoms with Crippen molar-refractivity contribution in [2.75, 3.05) is 26.2 Å². The van der Waals surface area contributed by atoms with Crippen molar-refractivity contribution >= 4 is 23.7 Å². The fraction of sp³-hybridized carbons (Fsp3) is 0.500. The molecular formula is C30H32N4O8S. The fourth-order valence-corrected chi connectivity index (χ4v) is 9.17. The lowest BCUT2D eigenvalue weighted by Crippen LogP contribution is -2.69. The number of phenolic OH excluding ortho intramolecular Hbond substituents is 2. The van der Waals surface area contributed by atoms with Crippen LogP contribution in [-0.2, 0) is 20.7 Å². The van der Waals surface area contributed by atoms with Crippen molar-refractivity contribution in [3.8, 4) is 34.8 Å². The third-order valence-corrected chi connectivity index (χ3v) is 10.9. The van der Waals surface area contributed by atoms with E-state index in [1.54, 1.807) is 13.8 Å². The minimum absolute atomic E-state index is 0.0414. The quantitative estimate of drug-likeness (QED) is 0.245. The highest BCUT2D eigenvalue weighted by Gasteiger charge is 2.60. The largest absolute Gasteiger partial charge is 0.504 e. The van der Waals surface area contributed by atoms with Gasteiger partial charge in [0.25, 0.3) is 0 Å². The standard InChI is InChI=1S/C30H32N4O8S/c1-11-5-14-6-16-17(7-31)34-18-8-39-30(38)15(32)9-43-29(23(34)22(33(16)4)19(14)25(37)24(11)36)21-20(18)28-27(40-10-41-28)12(2)26(21)42-13(3)35/h5,15-18,22-23,29,36-37H,6,8-10,32H2,1-4H3/t15-,16-,17-,18-,22+,23?,29+/m0/s1. The number of phenols is 2. The van der Waals surface area contributed by atoms with Gasteiger partial charge < -0.3 is 34.9 Å². The van der Waals surface area contributed by atoms with E-state index in [2.05, 4.69) is 15.9 Å². The van der Waals surface area contributed by atoms with Gasteiger partial charge in [-0.1, -0.05) is 6.07 Å². The van der Waals surface area contributed by atoms with E-state index in [9.17, 15) is 25.1 Å². The Morgan fingerprint density at radius 2 is 1.91 bits per heavy atom. The molecule has 0 aromatic heterocycles. The van der Waals surface area contributed by atoms with Gasteiger partial charge >= 0.3 is 11.9 Å². The molecule has 1 fully saturated rings. The van der Waals surface area contributed by atoms with Crippen molar-refractivity contribution in [1.29, 1.82) is 5.26 Å². The summed E-state index contributed by atoms with van der Waals surface area (Å²) >= 11 is 1.41. The van der Waals surface area contributed by atoms with Crippen LogP contribution in [0.25, 0.3) is 0 Å². The number of cyclic esters (lactones) is 1. The monoisotopic (exact) mass is 608 g/mol. The number of nitriles is 1. The molecule has 0 saturated carbocycles. The van der Waals surface area contributed by atoms with Crippen LogP contribution in [0, 0.1) is 25.2 Å². The van der Waals surface area contributed by atoms with E-state index in [1.165, 1.54) is 18.7 Å². The second-order valence-electron chi connectivity index (χ2n) is 11.8. The summed E-state index contributed by atoms with van der Waals surface area (Å²) in [5.41, 5.74) is 10.2. The van der Waals surface area contributed by atoms with Gasteiger partial charge in [-0.25, -0.2) is 0 Å². The Bertz CT molecular complexity index is 1620. The maximum Gasteiger partial charge on any atom is 0.323 e. The normalized spacial score (nSPS) is 30.9. The molecule has 13 heteroatoms. The molecule has 2 aromatic carbocycles. The maximum absolute atomic E-state index is 12.9. The molecule has 0 spiro atoms. The topological polar surface area (TPSA) is 168 Å². The van der Waals surface area contributed by atoms with E-state index in [0.29, 0.717) is 51.5 Å². The van der Waals surface area contributed by atoms with E-state index in [1.807, 2.05) is 13.1 Å². The van der Waals surface area contributed by atoms with Crippen molar-refractivity contribution < 1.29 is 38.7 Å². The predicted molar refractivity (Wildman–Crippen MR) is 153 cm³/mol. The van der Waals surface area contributed by atoms with Crippen molar-refractivity contribution in [1.82, 2.24) is 9.80 Å². The number of nitrogens with zero attached hydrogens (tertiary/aromatic N) is 3. The average Bonchev–Trinajstić information content (AvgIpc) is 3.46. The predicted octanol–water partition coefficient (Wildman–Crippen LogP) is 2.26. The first-order valence-corrected chi connectivity index (χ1v) is 15.2. The van der Waals surface area contributed by atoms with Crippen molar-refractivity contribution in [3.05, 3.63) is 39.4 Å². The minimum Gasteiger partial charge on any atom is -0.504 e. The van der Waals surface area contributed by atoms with E-state index in [-0.39, 0.29) is 36.7 Å². The lowest BCUT2D eigenvalue weighted by Gasteiger charge is -2.61. The van der Waals surface area contributed by atoms with Crippen LogP contribution in [0.1, 0.15) is 57.6 Å². The number of benzene rings is 2. The van der Waals surface area contributed by atoms with Crippen molar-refractivity contribution in [2.24, 2.45) is 5.73 Å². The molecule has 1 saturated heterocycles. The summed E-state index contributed by atoms with van der Waals surface area (Å²) in [6, 6.07) is 0.909. The molecule has 0 radical (unpaired) electrons. The van der Waals surface area contributed by atoms with Gasteiger partial charge in [0.2, 0.25) is 6.79 Å². The van der Waals surface area contributed by atoms with Gasteiger partial charge in [-0.3, -0.25) is 19.4 Å². The number of carbonyl (C=O) groups excluding carboxylic acids is 2. The Labute approximate surface area is 252 Å². The van der Waals surface area contributed by atoms with Crippen LogP contribution >= 0.6 is 11.8 Å². The van der Waals surface area contributed by atoms with Gasteiger partial charge in [0.15, 0.2) is 23.0 Å². The number of fused-ring (bicyclic) bond motifs is 9. The van der Waals surface area contributed by atoms with Gasteiger partial charge in [0.1, 0.15) is 24.4 Å². The third kappa shape index (κ3) is 3.86. The van der Waals surface area contributed by atoms with Crippen LogP contribution in [0.5, 0.6) is 28.7 Å². The van der Waals surface area contributed by atoms with Gasteiger partial charge in [0, 0.05) is 47.0 Å². The smallest absolute Gasteiger partial charge is 0.323 e. The van der Waals surface area contributed by atoms with E-state index in [0.717, 1.165) is 5.56 Å². The zero-order valence-corrected chi connectivity index (χ0v) is 24.9. The SMILES string of the molecule is CC(=O)Oc1c(C)c2c(c3c1[C@H]1SC[C@H](N)C(=O)OC[C@@H]3N3C1[C@H]1c4c(cc(C)c(O)c4O)C[C@@H]([C@@H]3C#N)N1C)OCO2. The van der Waals surface area contributed by atoms with Crippen LogP contribution in [0.15, 0.2) is 6.07 Å². The molecule has 4 N–H and O–H groups in total. The fourth-order valence-electron chi connectivity index (χ4n) is 7.73. The molecule has 0 aliphatic carbocycles. The molecule has 5 heterocycles. The molecule has 5 aliphatic heterocycles. The van der Waals surface area contributed by atoms with Gasteiger partial charge in [0.05, 0.1) is 23.4 Å². The molecule has 12 nitrogen and oxygen atoms in total. The average molecular weight is 609 g/mol. The van der Waals surface area contributed by atoms with E-state index in [4.69, 9.17) is 24.7 Å². The molecule has 1 unspecified atom stereocenters. The lowest BCUT2D eigenvalue weighted by molar-refractivity contribution is -0.150. The van der Waals surface area contributed by atoms with Crippen LogP contribution in [0.3, 0.4) is 0 Å². The third-order valence-electron chi connectivity index (χ3n) is 9.51. The molecule has 43 heavy (non-hydrogen) atoms. The number of piperazine rings is 1. The van der Waals surface area contributed by atoms with Gasteiger partial charge in [-0.2, -0.15) is 5.26 Å². The number of rotatable bonds is 1. The van der Waals surface area contributed by atoms with Crippen molar-refractivity contribution in [3.63, 3.8) is 0 Å². The first-order chi connectivity index (χ1) is 20.5. The maximum atomic E-state index is 12.9. The number of likely N-dealkylation sites (N-methyl/N-ethyl adjacent to an activating group) is 1. The number of ether oxygens (including phenoxy) is 4. The van der Waals surface area contributed by atoms with Gasteiger partial charge in [-0.05, 0) is 38.4 Å². The summed E-state index contributed by atoms with van der Waals surface area (Å²) in [4.78, 5) is 29.6. The first-order valence-electron chi connectivity index (χ1n) is 14.2. The van der Waals surface area contributed by atoms with Crippen molar-refractivity contribution in [2.45, 2.75) is 68.7 Å². The summed E-state index contributed by atoms with van der Waals surface area (Å²) in [5.74, 6) is -0.0225. The minimum atomic E-state index is -0.909. The zero-order chi connectivity index (χ0) is 30.5. The summed E-state index contributed by atoms with van der Waals surface area (Å²) < 4.78 is 23.6. The molecule has 226 valence electrons. The van der Waals surface area contributed by atoms with Gasteiger partial charge in [-0.15, -0.1) is 11.8 Å². The Hall–Kier alpha value is -3.70. The highest BCUT2D eigenvalue weighted by atomic mass is 32.2. The van der Waals surface area contributed by atoms with Crippen LogP contribution in [-0.4, -0.2) is 82.3 Å². The summed E-state index contributed by atoms with van der Waals surface area (Å²) in [7, 11) is 1.93. The highest BCUT2D eigenvalue weighted by Crippen LogP contribution is 2.63. The number of hydrogen-bond donors (Lipinski definition) is 3. The van der Waals surface area contributed by atoms with E-state index >= 15 is 0 Å². The number of esters is 2. The molecule has 2 aromatic rings. The Kier molecular flexibility index (Phi) is 6.48. The Morgan fingerprint density at radius 3 is 2.63 bits per heavy atom. The molecule has 7 rings (SSSR count). The number of thioether (sulfide) groups is 1. The highest BCUT2D eigenvalue weighted by molar-refractivity contribution is 7.99. The first kappa shape index (κ1) is 28.1. The summed E-state index contributed by atoms with van der Waals surface area (Å²) in [6.45, 7) is 4.70. The molecule has 7 atom stereocenters. The second-order valence-corrected chi connectivity index (χ2v) is 13.0. The van der Waals surface area contributed by atoms with Crippen LogP contribution in [0.2, 0.25) is 0 Å². The second kappa shape index (κ2) is 9.92. The summed E-state index contributed by atoms with van der Waals surface area (Å²) in [5, 5.41) is 32.5. The van der Waals surface area contributed by atoms with Crippen LogP contribution in [0.4, 0.5) is 0 Å². The van der Waals surface area contributed by atoms with E-state index < -0.39 is 47.4 Å². The molecular weight excluding hydrogens is 576 g/mol. The number of aryl methyl sites for hydroxylation is 1. The molecule has 4 bridgehead atoms.